The van der Waals surface area contributed by atoms with Gasteiger partial charge in [0.15, 0.2) is 0 Å². The van der Waals surface area contributed by atoms with Crippen LogP contribution in [0.5, 0.6) is 5.75 Å². The molecule has 130 valence electrons. The Kier molecular flexibility index (Phi) is 4.46. The number of H-pyrrole nitrogens is 1. The number of nitrogens with zero attached hydrogens (tertiary/aromatic N) is 3. The number of aryl methyl sites for hydroxylation is 2. The molecule has 4 rings (SSSR count). The fourth-order valence-electron chi connectivity index (χ4n) is 4.15. The monoisotopic (exact) mass is 336 g/mol. The largest absolute Gasteiger partial charge is 0.496 e. The van der Waals surface area contributed by atoms with Gasteiger partial charge in [-0.2, -0.15) is 5.26 Å². The molecule has 5 nitrogen and oxygen atoms in total. The lowest BCUT2D eigenvalue weighted by molar-refractivity contribution is 0.237. The van der Waals surface area contributed by atoms with Crippen LogP contribution in [-0.2, 0) is 19.4 Å². The van der Waals surface area contributed by atoms with Gasteiger partial charge in [-0.15, -0.1) is 0 Å². The van der Waals surface area contributed by atoms with Crippen LogP contribution in [0, 0.1) is 11.3 Å². The maximum atomic E-state index is 9.19. The van der Waals surface area contributed by atoms with Gasteiger partial charge < -0.3 is 9.72 Å². The number of fused-ring (bicyclic) bond motifs is 1. The lowest BCUT2D eigenvalue weighted by Crippen LogP contribution is -2.24. The van der Waals surface area contributed by atoms with Crippen LogP contribution < -0.4 is 4.74 Å². The van der Waals surface area contributed by atoms with Gasteiger partial charge in [0.1, 0.15) is 11.6 Å². The smallest absolute Gasteiger partial charge is 0.124 e. The summed E-state index contributed by atoms with van der Waals surface area (Å²) in [5.74, 6) is 1.98. The topological polar surface area (TPSA) is 64.9 Å². The summed E-state index contributed by atoms with van der Waals surface area (Å²) in [7, 11) is 1.69. The number of likely N-dealkylation sites (tertiary alicyclic amines) is 1. The molecule has 0 spiro atoms. The number of hydrogen-bond donors (Lipinski definition) is 1. The number of aromatic amines is 1. The van der Waals surface area contributed by atoms with E-state index in [-0.39, 0.29) is 0 Å². The zero-order chi connectivity index (χ0) is 17.2. The normalized spacial score (nSPS) is 20.2. The summed E-state index contributed by atoms with van der Waals surface area (Å²) in [6, 6.07) is 8.21. The molecule has 2 aliphatic rings. The van der Waals surface area contributed by atoms with Crippen LogP contribution in [-0.4, -0.2) is 28.5 Å². The Morgan fingerprint density at radius 1 is 1.32 bits per heavy atom. The van der Waals surface area contributed by atoms with E-state index in [4.69, 9.17) is 9.72 Å². The van der Waals surface area contributed by atoms with Gasteiger partial charge in [0, 0.05) is 17.8 Å². The summed E-state index contributed by atoms with van der Waals surface area (Å²) < 4.78 is 5.50. The zero-order valence-electron chi connectivity index (χ0n) is 14.7. The van der Waals surface area contributed by atoms with Gasteiger partial charge in [-0.25, -0.2) is 4.98 Å². The van der Waals surface area contributed by atoms with Crippen molar-refractivity contribution in [3.8, 4) is 11.8 Å². The highest BCUT2D eigenvalue weighted by Gasteiger charge is 2.30. The van der Waals surface area contributed by atoms with E-state index in [0.717, 1.165) is 49.5 Å². The first-order valence-corrected chi connectivity index (χ1v) is 9.17. The van der Waals surface area contributed by atoms with Crippen LogP contribution in [0.2, 0.25) is 0 Å². The summed E-state index contributed by atoms with van der Waals surface area (Å²) in [6.45, 7) is 1.84. The summed E-state index contributed by atoms with van der Waals surface area (Å²) in [5.41, 5.74) is 4.37. The molecule has 1 aromatic carbocycles. The summed E-state index contributed by atoms with van der Waals surface area (Å²) in [5, 5.41) is 9.19. The fourth-order valence-corrected chi connectivity index (χ4v) is 4.15. The van der Waals surface area contributed by atoms with Crippen molar-refractivity contribution in [1.82, 2.24) is 14.9 Å². The van der Waals surface area contributed by atoms with Gasteiger partial charge in [0.2, 0.25) is 0 Å². The van der Waals surface area contributed by atoms with Gasteiger partial charge >= 0.3 is 0 Å². The molecule has 1 aliphatic carbocycles. The van der Waals surface area contributed by atoms with E-state index in [2.05, 4.69) is 16.0 Å². The number of nitriles is 1. The van der Waals surface area contributed by atoms with E-state index >= 15 is 0 Å². The van der Waals surface area contributed by atoms with Crippen LogP contribution in [0.3, 0.4) is 0 Å². The molecule has 1 atom stereocenters. The number of nitrogens with one attached hydrogen (secondary N) is 1. The number of ether oxygens (including phenoxy) is 1. The molecule has 0 saturated carbocycles. The van der Waals surface area contributed by atoms with E-state index in [9.17, 15) is 5.26 Å². The zero-order valence-corrected chi connectivity index (χ0v) is 14.7. The third kappa shape index (κ3) is 3.14. The summed E-state index contributed by atoms with van der Waals surface area (Å²) >= 11 is 0. The van der Waals surface area contributed by atoms with Gasteiger partial charge in [-0.3, -0.25) is 4.90 Å². The van der Waals surface area contributed by atoms with Crippen LogP contribution in [0.25, 0.3) is 0 Å². The lowest BCUT2D eigenvalue weighted by atomic mass is 10.0. The fraction of sp³-hybridized carbons (Fsp3) is 0.500. The van der Waals surface area contributed by atoms with Crippen LogP contribution in [0.4, 0.5) is 0 Å². The number of benzene rings is 1. The third-order valence-electron chi connectivity index (χ3n) is 5.44. The van der Waals surface area contributed by atoms with Gasteiger partial charge in [0.05, 0.1) is 30.5 Å². The maximum Gasteiger partial charge on any atom is 0.124 e. The molecular formula is C20H24N4O. The number of rotatable bonds is 4. The van der Waals surface area contributed by atoms with E-state index in [0.29, 0.717) is 11.6 Å². The second kappa shape index (κ2) is 6.89. The molecule has 1 fully saturated rings. The molecule has 5 heteroatoms. The molecular weight excluding hydrogens is 312 g/mol. The highest BCUT2D eigenvalue weighted by Crippen LogP contribution is 2.34. The molecule has 1 aliphatic heterocycles. The first kappa shape index (κ1) is 16.2. The Labute approximate surface area is 148 Å². The van der Waals surface area contributed by atoms with Crippen LogP contribution in [0.15, 0.2) is 18.2 Å². The molecule has 0 radical (unpaired) electrons. The predicted molar refractivity (Wildman–Crippen MR) is 95.3 cm³/mol. The highest BCUT2D eigenvalue weighted by atomic mass is 16.5. The molecule has 2 aromatic rings. The molecule has 2 heterocycles. The van der Waals surface area contributed by atoms with Crippen LogP contribution in [0.1, 0.15) is 60.1 Å². The van der Waals surface area contributed by atoms with Gasteiger partial charge in [-0.05, 0) is 63.3 Å². The first-order valence-electron chi connectivity index (χ1n) is 9.17. The number of methoxy groups -OCH3 is 1. The Hall–Kier alpha value is -2.32. The van der Waals surface area contributed by atoms with E-state index < -0.39 is 0 Å². The lowest BCUT2D eigenvalue weighted by Gasteiger charge is -2.24. The third-order valence-corrected chi connectivity index (χ3v) is 5.44. The Balaban J connectivity index is 1.58. The minimum absolute atomic E-state index is 0.334. The minimum atomic E-state index is 0.334. The average Bonchev–Trinajstić information content (AvgIpc) is 3.27. The molecule has 1 N–H and O–H groups in total. The SMILES string of the molecule is COc1ccc(C#N)cc1CN1CCCC1c1nc2c([nH]1)CCCC2. The maximum absolute atomic E-state index is 9.19. The second-order valence-electron chi connectivity index (χ2n) is 7.02. The number of imidazole rings is 1. The number of aromatic nitrogens is 2. The predicted octanol–water partition coefficient (Wildman–Crippen LogP) is 3.51. The molecule has 1 aromatic heterocycles. The van der Waals surface area contributed by atoms with Gasteiger partial charge in [-0.1, -0.05) is 0 Å². The molecule has 0 amide bonds. The van der Waals surface area contributed by atoms with Crippen LogP contribution >= 0.6 is 0 Å². The van der Waals surface area contributed by atoms with Crippen molar-refractivity contribution in [2.75, 3.05) is 13.7 Å². The first-order chi connectivity index (χ1) is 12.3. The Bertz CT molecular complexity index is 781. The summed E-state index contributed by atoms with van der Waals surface area (Å²) in [6.07, 6.45) is 7.07. The Morgan fingerprint density at radius 2 is 2.20 bits per heavy atom. The molecule has 25 heavy (non-hydrogen) atoms. The molecule has 0 bridgehead atoms. The molecule has 1 unspecified atom stereocenters. The average molecular weight is 336 g/mol. The highest BCUT2D eigenvalue weighted by molar-refractivity contribution is 5.42. The minimum Gasteiger partial charge on any atom is -0.496 e. The van der Waals surface area contributed by atoms with Crippen molar-refractivity contribution >= 4 is 0 Å². The van der Waals surface area contributed by atoms with E-state index in [1.807, 2.05) is 18.2 Å². The van der Waals surface area contributed by atoms with Crippen molar-refractivity contribution in [2.45, 2.75) is 51.1 Å². The van der Waals surface area contributed by atoms with Crippen molar-refractivity contribution in [3.63, 3.8) is 0 Å². The van der Waals surface area contributed by atoms with E-state index in [1.54, 1.807) is 7.11 Å². The Morgan fingerprint density at radius 3 is 3.00 bits per heavy atom. The van der Waals surface area contributed by atoms with Crippen molar-refractivity contribution in [2.24, 2.45) is 0 Å². The summed E-state index contributed by atoms with van der Waals surface area (Å²) in [4.78, 5) is 11.0. The second-order valence-corrected chi connectivity index (χ2v) is 7.02. The van der Waals surface area contributed by atoms with Crippen molar-refractivity contribution in [3.05, 3.63) is 46.5 Å². The van der Waals surface area contributed by atoms with Gasteiger partial charge in [0.25, 0.3) is 0 Å². The number of hydrogen-bond acceptors (Lipinski definition) is 4. The van der Waals surface area contributed by atoms with E-state index in [1.165, 1.54) is 30.7 Å². The van der Waals surface area contributed by atoms with Crippen molar-refractivity contribution in [1.29, 1.82) is 5.26 Å². The standard InChI is InChI=1S/C20H24N4O/c1-25-19-9-8-14(12-21)11-15(19)13-24-10-4-7-18(24)20-22-16-5-2-3-6-17(16)23-20/h8-9,11,18H,2-7,10,13H2,1H3,(H,22,23). The van der Waals surface area contributed by atoms with Crippen molar-refractivity contribution < 1.29 is 4.74 Å². The molecule has 1 saturated heterocycles. The quantitative estimate of drug-likeness (QED) is 0.928.